The molecule has 1 aromatic heterocycles. The molecular weight excluding hydrogens is 333 g/mol. The Bertz CT molecular complexity index is 751. The number of ether oxygens (including phenoxy) is 1. The quantitative estimate of drug-likeness (QED) is 0.469. The minimum absolute atomic E-state index is 0.0934. The van der Waals surface area contributed by atoms with Crippen molar-refractivity contribution in [3.05, 3.63) is 47.4 Å². The first kappa shape index (κ1) is 17.9. The number of aryl methyl sites for hydroxylation is 1. The molecular formula is C16H16FN3O3S. The first-order chi connectivity index (χ1) is 11.3. The molecule has 0 aliphatic carbocycles. The van der Waals surface area contributed by atoms with Crippen LogP contribution in [0.1, 0.15) is 16.1 Å². The molecule has 24 heavy (non-hydrogen) atoms. The summed E-state index contributed by atoms with van der Waals surface area (Å²) in [7, 11) is 3.13. The van der Waals surface area contributed by atoms with Crippen molar-refractivity contribution >= 4 is 23.6 Å². The first-order valence-electron chi connectivity index (χ1n) is 7.01. The van der Waals surface area contributed by atoms with Crippen LogP contribution < -0.4 is 4.74 Å². The average Bonchev–Trinajstić information content (AvgIpc) is 2.52. The number of thioether (sulfide) groups is 1. The predicted molar refractivity (Wildman–Crippen MR) is 87.9 cm³/mol. The Balaban J connectivity index is 2.04. The molecule has 1 amide bonds. The van der Waals surface area contributed by atoms with Crippen LogP contribution in [0.4, 0.5) is 9.18 Å². The van der Waals surface area contributed by atoms with Crippen LogP contribution in [0.15, 0.2) is 35.5 Å². The van der Waals surface area contributed by atoms with Crippen LogP contribution in [0.3, 0.4) is 0 Å². The molecule has 0 atom stereocenters. The zero-order valence-electron chi connectivity index (χ0n) is 13.4. The van der Waals surface area contributed by atoms with E-state index >= 15 is 0 Å². The van der Waals surface area contributed by atoms with Gasteiger partial charge in [-0.15, -0.1) is 0 Å². The number of hydrogen-bond donors (Lipinski definition) is 0. The third-order valence-electron chi connectivity index (χ3n) is 2.87. The van der Waals surface area contributed by atoms with Gasteiger partial charge in [0.15, 0.2) is 10.9 Å². The highest BCUT2D eigenvalue weighted by Crippen LogP contribution is 2.19. The molecule has 1 aromatic carbocycles. The van der Waals surface area contributed by atoms with Crippen LogP contribution in [0.2, 0.25) is 0 Å². The lowest BCUT2D eigenvalue weighted by molar-refractivity contribution is 0.102. The molecule has 0 aliphatic rings. The number of rotatable bonds is 5. The fourth-order valence-corrected chi connectivity index (χ4v) is 2.45. The molecule has 0 saturated carbocycles. The van der Waals surface area contributed by atoms with Crippen molar-refractivity contribution in [2.75, 3.05) is 19.8 Å². The van der Waals surface area contributed by atoms with Gasteiger partial charge in [-0.1, -0.05) is 11.8 Å². The van der Waals surface area contributed by atoms with Crippen LogP contribution in [-0.4, -0.2) is 46.6 Å². The minimum Gasteiger partial charge on any atom is -0.391 e. The summed E-state index contributed by atoms with van der Waals surface area (Å²) in [5.41, 5.74) is 1.03. The second-order valence-electron chi connectivity index (χ2n) is 5.11. The lowest BCUT2D eigenvalue weighted by Gasteiger charge is -2.10. The van der Waals surface area contributed by atoms with E-state index in [4.69, 9.17) is 4.74 Å². The Kier molecular flexibility index (Phi) is 5.86. The van der Waals surface area contributed by atoms with Gasteiger partial charge in [-0.25, -0.2) is 14.2 Å². The molecule has 0 unspecified atom stereocenters. The highest BCUT2D eigenvalue weighted by molar-refractivity contribution is 7.99. The molecule has 0 fully saturated rings. The van der Waals surface area contributed by atoms with Gasteiger partial charge in [0.2, 0.25) is 5.88 Å². The molecule has 0 aliphatic heterocycles. The molecule has 6 nitrogen and oxygen atoms in total. The molecule has 8 heteroatoms. The number of halogens is 1. The van der Waals surface area contributed by atoms with E-state index in [1.165, 1.54) is 35.2 Å². The number of amides is 1. The van der Waals surface area contributed by atoms with Gasteiger partial charge in [0.1, 0.15) is 5.82 Å². The Morgan fingerprint density at radius 3 is 2.50 bits per heavy atom. The van der Waals surface area contributed by atoms with Crippen molar-refractivity contribution in [3.8, 4) is 5.88 Å². The normalized spacial score (nSPS) is 10.3. The van der Waals surface area contributed by atoms with Gasteiger partial charge in [0, 0.05) is 31.4 Å². The van der Waals surface area contributed by atoms with E-state index in [2.05, 4.69) is 9.97 Å². The van der Waals surface area contributed by atoms with Crippen molar-refractivity contribution in [3.63, 3.8) is 0 Å². The second kappa shape index (κ2) is 7.87. The van der Waals surface area contributed by atoms with Gasteiger partial charge in [0.25, 0.3) is 0 Å². The lowest BCUT2D eigenvalue weighted by atomic mass is 10.1. The van der Waals surface area contributed by atoms with Crippen LogP contribution in [0.5, 0.6) is 5.88 Å². The first-order valence-corrected chi connectivity index (χ1v) is 8.00. The van der Waals surface area contributed by atoms with E-state index in [-0.39, 0.29) is 17.4 Å². The van der Waals surface area contributed by atoms with Crippen molar-refractivity contribution in [1.29, 1.82) is 0 Å². The Morgan fingerprint density at radius 1 is 1.21 bits per heavy atom. The van der Waals surface area contributed by atoms with E-state index in [0.717, 1.165) is 11.8 Å². The fourth-order valence-electron chi connectivity index (χ4n) is 1.66. The summed E-state index contributed by atoms with van der Waals surface area (Å²) in [6, 6.07) is 6.87. The van der Waals surface area contributed by atoms with Gasteiger partial charge in [-0.3, -0.25) is 4.79 Å². The number of benzene rings is 1. The van der Waals surface area contributed by atoms with E-state index in [1.54, 1.807) is 21.0 Å². The maximum absolute atomic E-state index is 12.9. The number of aromatic nitrogens is 2. The highest BCUT2D eigenvalue weighted by Gasteiger charge is 2.12. The Morgan fingerprint density at radius 2 is 1.88 bits per heavy atom. The lowest BCUT2D eigenvalue weighted by Crippen LogP contribution is -2.25. The van der Waals surface area contributed by atoms with Crippen molar-refractivity contribution in [2.24, 2.45) is 0 Å². The summed E-state index contributed by atoms with van der Waals surface area (Å²) in [5, 5.41) is 0.326. The fraction of sp³-hybridized carbons (Fsp3) is 0.250. The molecule has 2 rings (SSSR count). The van der Waals surface area contributed by atoms with E-state index < -0.39 is 11.9 Å². The van der Waals surface area contributed by atoms with Crippen LogP contribution in [0, 0.1) is 12.7 Å². The third-order valence-corrected chi connectivity index (χ3v) is 3.71. The molecule has 0 saturated heterocycles. The van der Waals surface area contributed by atoms with Crippen LogP contribution in [0.25, 0.3) is 0 Å². The Hall–Kier alpha value is -2.48. The zero-order valence-corrected chi connectivity index (χ0v) is 14.3. The molecule has 0 radical (unpaired) electrons. The van der Waals surface area contributed by atoms with Gasteiger partial charge >= 0.3 is 6.09 Å². The van der Waals surface area contributed by atoms with E-state index in [9.17, 15) is 14.0 Å². The Labute approximate surface area is 143 Å². The summed E-state index contributed by atoms with van der Waals surface area (Å²) >= 11 is 1.12. The predicted octanol–water partition coefficient (Wildman–Crippen LogP) is 2.96. The van der Waals surface area contributed by atoms with E-state index in [1.807, 2.05) is 0 Å². The van der Waals surface area contributed by atoms with E-state index in [0.29, 0.717) is 16.4 Å². The summed E-state index contributed by atoms with van der Waals surface area (Å²) in [6.07, 6.45) is -0.550. The van der Waals surface area contributed by atoms with Gasteiger partial charge in [-0.2, -0.15) is 4.98 Å². The molecule has 0 spiro atoms. The topological polar surface area (TPSA) is 72.4 Å². The van der Waals surface area contributed by atoms with Crippen molar-refractivity contribution in [1.82, 2.24) is 14.9 Å². The highest BCUT2D eigenvalue weighted by atomic mass is 32.2. The maximum Gasteiger partial charge on any atom is 0.416 e. The van der Waals surface area contributed by atoms with Gasteiger partial charge in [0.05, 0.1) is 5.75 Å². The van der Waals surface area contributed by atoms with Crippen molar-refractivity contribution < 1.29 is 18.7 Å². The summed E-state index contributed by atoms with van der Waals surface area (Å²) in [6.45, 7) is 1.74. The summed E-state index contributed by atoms with van der Waals surface area (Å²) < 4.78 is 18.0. The minimum atomic E-state index is -0.550. The third kappa shape index (κ3) is 5.02. The number of ketones is 1. The zero-order chi connectivity index (χ0) is 17.7. The number of nitrogens with zero attached hydrogens (tertiary/aromatic N) is 3. The monoisotopic (exact) mass is 349 g/mol. The smallest absolute Gasteiger partial charge is 0.391 e. The largest absolute Gasteiger partial charge is 0.416 e. The number of hydrogen-bond acceptors (Lipinski definition) is 6. The van der Waals surface area contributed by atoms with Gasteiger partial charge in [-0.05, 0) is 31.2 Å². The number of carbonyl (C=O) groups is 2. The maximum atomic E-state index is 12.9. The van der Waals surface area contributed by atoms with Crippen LogP contribution >= 0.6 is 11.8 Å². The number of carbonyl (C=O) groups excluding carboxylic acids is 2. The standard InChI is InChI=1S/C16H16FN3O3S/c1-10-8-14(23-16(22)20(2)3)19-15(18-10)24-9-13(21)11-4-6-12(17)7-5-11/h4-8H,9H2,1-3H3. The number of Topliss-reactive ketones (excluding diaryl/α,β-unsaturated/α-hetero) is 1. The molecule has 2 aromatic rings. The van der Waals surface area contributed by atoms with Crippen LogP contribution in [-0.2, 0) is 0 Å². The second-order valence-corrected chi connectivity index (χ2v) is 6.05. The average molecular weight is 349 g/mol. The van der Waals surface area contributed by atoms with Gasteiger partial charge < -0.3 is 9.64 Å². The molecule has 0 N–H and O–H groups in total. The molecule has 0 bridgehead atoms. The SMILES string of the molecule is Cc1cc(OC(=O)N(C)C)nc(SCC(=O)c2ccc(F)cc2)n1. The van der Waals surface area contributed by atoms with Crippen molar-refractivity contribution in [2.45, 2.75) is 12.1 Å². The summed E-state index contributed by atoms with van der Waals surface area (Å²) in [5.74, 6) is -0.348. The summed E-state index contributed by atoms with van der Waals surface area (Å²) in [4.78, 5) is 33.2. The molecule has 126 valence electrons. The molecule has 1 heterocycles.